The van der Waals surface area contributed by atoms with Gasteiger partial charge < -0.3 is 10.4 Å². The third-order valence-corrected chi connectivity index (χ3v) is 3.69. The normalized spacial score (nSPS) is 10.8. The van der Waals surface area contributed by atoms with E-state index in [1.165, 1.54) is 0 Å². The van der Waals surface area contributed by atoms with Crippen LogP contribution in [-0.2, 0) is 4.79 Å². The van der Waals surface area contributed by atoms with E-state index >= 15 is 0 Å². The maximum Gasteiger partial charge on any atom is 0.238 e. The Morgan fingerprint density at radius 2 is 2.20 bits per heavy atom. The minimum Gasteiger partial charge on any atom is -0.395 e. The molecule has 1 aromatic carbocycles. The zero-order valence-electron chi connectivity index (χ0n) is 12.3. The highest BCUT2D eigenvalue weighted by Crippen LogP contribution is 2.18. The summed E-state index contributed by atoms with van der Waals surface area (Å²) in [5, 5.41) is 11.9. The van der Waals surface area contributed by atoms with Gasteiger partial charge in [0.1, 0.15) is 0 Å². The number of aliphatic hydroxyl groups excluding tert-OH is 1. The molecule has 2 N–H and O–H groups in total. The molecule has 5 heteroatoms. The lowest BCUT2D eigenvalue weighted by molar-refractivity contribution is -0.117. The van der Waals surface area contributed by atoms with E-state index in [0.29, 0.717) is 13.1 Å². The van der Waals surface area contributed by atoms with Crippen LogP contribution in [0.1, 0.15) is 19.8 Å². The molecular weight excluding hydrogens is 272 g/mol. The average molecular weight is 296 g/mol. The molecule has 1 amide bonds. The number of hydrogen-bond donors (Lipinski definition) is 2. The molecule has 0 aliphatic heterocycles. The molecule has 0 heterocycles. The maximum atomic E-state index is 12.0. The molecule has 0 unspecified atom stereocenters. The number of benzene rings is 1. The van der Waals surface area contributed by atoms with E-state index in [1.54, 1.807) is 11.8 Å². The summed E-state index contributed by atoms with van der Waals surface area (Å²) >= 11 is 1.65. The van der Waals surface area contributed by atoms with Gasteiger partial charge in [-0.1, -0.05) is 19.4 Å². The summed E-state index contributed by atoms with van der Waals surface area (Å²) in [5.74, 6) is -0.0344. The molecule has 20 heavy (non-hydrogen) atoms. The highest BCUT2D eigenvalue weighted by Gasteiger charge is 2.10. The number of unbranched alkanes of at least 4 members (excludes halogenated alkanes) is 1. The first-order valence-corrected chi connectivity index (χ1v) is 8.19. The molecule has 4 nitrogen and oxygen atoms in total. The lowest BCUT2D eigenvalue weighted by atomic mass is 10.3. The average Bonchev–Trinajstić information content (AvgIpc) is 2.45. The summed E-state index contributed by atoms with van der Waals surface area (Å²) in [6.07, 6.45) is 4.13. The van der Waals surface area contributed by atoms with E-state index in [0.717, 1.165) is 30.0 Å². The largest absolute Gasteiger partial charge is 0.395 e. The van der Waals surface area contributed by atoms with Crippen molar-refractivity contribution in [2.75, 3.05) is 37.8 Å². The van der Waals surface area contributed by atoms with Gasteiger partial charge in [-0.3, -0.25) is 9.69 Å². The van der Waals surface area contributed by atoms with E-state index in [2.05, 4.69) is 12.2 Å². The molecular formula is C15H24N2O2S. The predicted octanol–water partition coefficient (Wildman–Crippen LogP) is 2.44. The summed E-state index contributed by atoms with van der Waals surface area (Å²) in [4.78, 5) is 15.1. The van der Waals surface area contributed by atoms with E-state index < -0.39 is 0 Å². The summed E-state index contributed by atoms with van der Waals surface area (Å²) in [6.45, 7) is 3.90. The third-order valence-electron chi connectivity index (χ3n) is 2.96. The smallest absolute Gasteiger partial charge is 0.238 e. The molecule has 0 saturated carbocycles. The van der Waals surface area contributed by atoms with Crippen LogP contribution < -0.4 is 5.32 Å². The zero-order valence-corrected chi connectivity index (χ0v) is 13.1. The molecule has 1 rings (SSSR count). The first-order chi connectivity index (χ1) is 9.69. The van der Waals surface area contributed by atoms with Gasteiger partial charge in [0.05, 0.1) is 13.2 Å². The van der Waals surface area contributed by atoms with Crippen molar-refractivity contribution in [3.05, 3.63) is 24.3 Å². The van der Waals surface area contributed by atoms with Crippen LogP contribution in [0, 0.1) is 0 Å². The number of hydrogen-bond acceptors (Lipinski definition) is 4. The number of amides is 1. The standard InChI is InChI=1S/C15H24N2O2S/c1-3-4-8-17(9-10-18)12-15(19)16-13-6-5-7-14(11-13)20-2/h5-7,11,18H,3-4,8-10,12H2,1-2H3,(H,16,19). The minimum atomic E-state index is -0.0344. The molecule has 0 aliphatic rings. The van der Waals surface area contributed by atoms with Gasteiger partial charge in [0.25, 0.3) is 0 Å². The topological polar surface area (TPSA) is 52.6 Å². The van der Waals surface area contributed by atoms with Crippen molar-refractivity contribution in [3.63, 3.8) is 0 Å². The van der Waals surface area contributed by atoms with Crippen LogP contribution in [0.2, 0.25) is 0 Å². The molecule has 0 aliphatic carbocycles. The van der Waals surface area contributed by atoms with Crippen molar-refractivity contribution in [2.24, 2.45) is 0 Å². The third kappa shape index (κ3) is 6.41. The Hall–Kier alpha value is -1.04. The van der Waals surface area contributed by atoms with E-state index in [9.17, 15) is 4.79 Å². The Balaban J connectivity index is 2.51. The number of anilines is 1. The van der Waals surface area contributed by atoms with Gasteiger partial charge in [-0.2, -0.15) is 0 Å². The number of nitrogens with one attached hydrogen (secondary N) is 1. The van der Waals surface area contributed by atoms with Crippen LogP contribution in [0.15, 0.2) is 29.2 Å². The lowest BCUT2D eigenvalue weighted by Crippen LogP contribution is -2.35. The van der Waals surface area contributed by atoms with Crippen LogP contribution in [0.5, 0.6) is 0 Å². The quantitative estimate of drug-likeness (QED) is 0.687. The summed E-state index contributed by atoms with van der Waals surface area (Å²) in [5.41, 5.74) is 0.821. The number of rotatable bonds is 9. The predicted molar refractivity (Wildman–Crippen MR) is 85.3 cm³/mol. The highest BCUT2D eigenvalue weighted by molar-refractivity contribution is 7.98. The van der Waals surface area contributed by atoms with Gasteiger partial charge in [0, 0.05) is 17.1 Å². The maximum absolute atomic E-state index is 12.0. The van der Waals surface area contributed by atoms with Crippen LogP contribution in [-0.4, -0.2) is 48.4 Å². The number of aliphatic hydroxyl groups is 1. The number of thioether (sulfide) groups is 1. The van der Waals surface area contributed by atoms with Crippen molar-refractivity contribution in [3.8, 4) is 0 Å². The van der Waals surface area contributed by atoms with Crippen molar-refractivity contribution >= 4 is 23.4 Å². The van der Waals surface area contributed by atoms with Crippen molar-refractivity contribution in [2.45, 2.75) is 24.7 Å². The second-order valence-electron chi connectivity index (χ2n) is 4.63. The molecule has 1 aromatic rings. The Labute approximate surface area is 125 Å². The second kappa shape index (κ2) is 9.80. The van der Waals surface area contributed by atoms with Crippen LogP contribution >= 0.6 is 11.8 Å². The van der Waals surface area contributed by atoms with Gasteiger partial charge in [-0.05, 0) is 37.4 Å². The fourth-order valence-corrected chi connectivity index (χ4v) is 2.36. The summed E-state index contributed by atoms with van der Waals surface area (Å²) < 4.78 is 0. The van der Waals surface area contributed by atoms with Gasteiger partial charge in [0.15, 0.2) is 0 Å². The summed E-state index contributed by atoms with van der Waals surface area (Å²) in [7, 11) is 0. The van der Waals surface area contributed by atoms with Crippen molar-refractivity contribution < 1.29 is 9.90 Å². The van der Waals surface area contributed by atoms with Crippen molar-refractivity contribution in [1.29, 1.82) is 0 Å². The van der Waals surface area contributed by atoms with Crippen LogP contribution in [0.25, 0.3) is 0 Å². The molecule has 0 bridgehead atoms. The number of carbonyl (C=O) groups is 1. The van der Waals surface area contributed by atoms with Crippen LogP contribution in [0.4, 0.5) is 5.69 Å². The van der Waals surface area contributed by atoms with Gasteiger partial charge >= 0.3 is 0 Å². The Morgan fingerprint density at radius 3 is 2.85 bits per heavy atom. The molecule has 0 radical (unpaired) electrons. The van der Waals surface area contributed by atoms with Crippen molar-refractivity contribution in [1.82, 2.24) is 4.90 Å². The molecule has 0 atom stereocenters. The molecule has 0 saturated heterocycles. The summed E-state index contributed by atoms with van der Waals surface area (Å²) in [6, 6.07) is 7.80. The fourth-order valence-electron chi connectivity index (χ4n) is 1.90. The van der Waals surface area contributed by atoms with Gasteiger partial charge in [0.2, 0.25) is 5.91 Å². The molecule has 0 spiro atoms. The SMILES string of the molecule is CCCCN(CCO)CC(=O)Nc1cccc(SC)c1. The van der Waals surface area contributed by atoms with E-state index in [1.807, 2.05) is 35.4 Å². The van der Waals surface area contributed by atoms with Crippen LogP contribution in [0.3, 0.4) is 0 Å². The highest BCUT2D eigenvalue weighted by atomic mass is 32.2. The number of nitrogens with zero attached hydrogens (tertiary/aromatic N) is 1. The first-order valence-electron chi connectivity index (χ1n) is 6.96. The molecule has 112 valence electrons. The number of carbonyl (C=O) groups excluding carboxylic acids is 1. The molecule has 0 aromatic heterocycles. The molecule has 0 fully saturated rings. The van der Waals surface area contributed by atoms with E-state index in [-0.39, 0.29) is 12.5 Å². The zero-order chi connectivity index (χ0) is 14.8. The second-order valence-corrected chi connectivity index (χ2v) is 5.51. The Bertz CT molecular complexity index is 413. The monoisotopic (exact) mass is 296 g/mol. The lowest BCUT2D eigenvalue weighted by Gasteiger charge is -2.20. The Kier molecular flexibility index (Phi) is 8.34. The Morgan fingerprint density at radius 1 is 1.40 bits per heavy atom. The van der Waals surface area contributed by atoms with E-state index in [4.69, 9.17) is 5.11 Å². The minimum absolute atomic E-state index is 0.0344. The first kappa shape index (κ1) is 17.0. The van der Waals surface area contributed by atoms with Gasteiger partial charge in [-0.15, -0.1) is 11.8 Å². The fraction of sp³-hybridized carbons (Fsp3) is 0.533. The van der Waals surface area contributed by atoms with Gasteiger partial charge in [-0.25, -0.2) is 0 Å².